The standard InChI is InChI=1S/C16H17BrFNO2/c1-10(2)21-15-8-16(14(19)7-13(15)18)20-9-11-4-3-5-12(17)6-11/h3-8,10H,9,19H2,1-2H3. The minimum absolute atomic E-state index is 0.124. The fourth-order valence-electron chi connectivity index (χ4n) is 1.81. The Balaban J connectivity index is 2.15. The smallest absolute Gasteiger partial charge is 0.167 e. The molecule has 21 heavy (non-hydrogen) atoms. The molecule has 0 saturated carbocycles. The van der Waals surface area contributed by atoms with Gasteiger partial charge in [-0.3, -0.25) is 0 Å². The first-order valence-electron chi connectivity index (χ1n) is 6.58. The van der Waals surface area contributed by atoms with Crippen molar-refractivity contribution in [2.45, 2.75) is 26.6 Å². The lowest BCUT2D eigenvalue weighted by Crippen LogP contribution is -2.08. The van der Waals surface area contributed by atoms with Crippen LogP contribution in [0.5, 0.6) is 11.5 Å². The Bertz CT molecular complexity index is 632. The van der Waals surface area contributed by atoms with Gasteiger partial charge in [-0.05, 0) is 31.5 Å². The van der Waals surface area contributed by atoms with Gasteiger partial charge in [-0.25, -0.2) is 4.39 Å². The molecule has 2 aromatic rings. The van der Waals surface area contributed by atoms with Crippen LogP contribution >= 0.6 is 15.9 Å². The Labute approximate surface area is 132 Å². The fraction of sp³-hybridized carbons (Fsp3) is 0.250. The van der Waals surface area contributed by atoms with Gasteiger partial charge in [0.05, 0.1) is 11.8 Å². The van der Waals surface area contributed by atoms with E-state index >= 15 is 0 Å². The minimum atomic E-state index is -0.490. The van der Waals surface area contributed by atoms with Crippen molar-refractivity contribution in [1.82, 2.24) is 0 Å². The molecule has 2 N–H and O–H groups in total. The molecule has 0 aliphatic carbocycles. The van der Waals surface area contributed by atoms with Crippen molar-refractivity contribution in [1.29, 1.82) is 0 Å². The summed E-state index contributed by atoms with van der Waals surface area (Å²) in [5.41, 5.74) is 7.02. The molecule has 0 radical (unpaired) electrons. The monoisotopic (exact) mass is 353 g/mol. The third-order valence-corrected chi connectivity index (χ3v) is 3.20. The van der Waals surface area contributed by atoms with Crippen LogP contribution in [0.1, 0.15) is 19.4 Å². The van der Waals surface area contributed by atoms with Crippen molar-refractivity contribution in [3.8, 4) is 11.5 Å². The zero-order chi connectivity index (χ0) is 15.4. The summed E-state index contributed by atoms with van der Waals surface area (Å²) in [4.78, 5) is 0. The summed E-state index contributed by atoms with van der Waals surface area (Å²) in [5.74, 6) is 0.0615. The number of halogens is 2. The third-order valence-electron chi connectivity index (χ3n) is 2.71. The maximum absolute atomic E-state index is 13.7. The number of benzene rings is 2. The van der Waals surface area contributed by atoms with Gasteiger partial charge < -0.3 is 15.2 Å². The quantitative estimate of drug-likeness (QED) is 0.802. The van der Waals surface area contributed by atoms with E-state index in [9.17, 15) is 4.39 Å². The van der Waals surface area contributed by atoms with Gasteiger partial charge in [0, 0.05) is 16.6 Å². The fourth-order valence-corrected chi connectivity index (χ4v) is 2.25. The van der Waals surface area contributed by atoms with Crippen molar-refractivity contribution in [3.63, 3.8) is 0 Å². The Morgan fingerprint density at radius 2 is 1.95 bits per heavy atom. The van der Waals surface area contributed by atoms with Gasteiger partial charge in [0.25, 0.3) is 0 Å². The molecule has 2 aromatic carbocycles. The number of ether oxygens (including phenoxy) is 2. The molecule has 5 heteroatoms. The minimum Gasteiger partial charge on any atom is -0.488 e. The Morgan fingerprint density at radius 1 is 1.19 bits per heavy atom. The predicted molar refractivity (Wildman–Crippen MR) is 85.1 cm³/mol. The van der Waals surface area contributed by atoms with Crippen LogP contribution in [-0.2, 0) is 6.61 Å². The van der Waals surface area contributed by atoms with Gasteiger partial charge in [-0.1, -0.05) is 28.1 Å². The molecule has 0 amide bonds. The van der Waals surface area contributed by atoms with E-state index in [-0.39, 0.29) is 17.5 Å². The molecule has 112 valence electrons. The summed E-state index contributed by atoms with van der Waals surface area (Å²) in [6.07, 6.45) is -0.124. The van der Waals surface area contributed by atoms with E-state index in [4.69, 9.17) is 15.2 Å². The maximum Gasteiger partial charge on any atom is 0.167 e. The lowest BCUT2D eigenvalue weighted by atomic mass is 10.2. The van der Waals surface area contributed by atoms with Crippen molar-refractivity contribution in [3.05, 3.63) is 52.3 Å². The highest BCUT2D eigenvalue weighted by atomic mass is 79.9. The average Bonchev–Trinajstić information content (AvgIpc) is 2.40. The van der Waals surface area contributed by atoms with Gasteiger partial charge in [0.15, 0.2) is 11.6 Å². The molecule has 0 aliphatic rings. The van der Waals surface area contributed by atoms with Crippen LogP contribution in [0.4, 0.5) is 10.1 Å². The molecule has 3 nitrogen and oxygen atoms in total. The van der Waals surface area contributed by atoms with Gasteiger partial charge in [0.2, 0.25) is 0 Å². The van der Waals surface area contributed by atoms with E-state index in [1.165, 1.54) is 12.1 Å². The summed E-state index contributed by atoms with van der Waals surface area (Å²) >= 11 is 3.40. The lowest BCUT2D eigenvalue weighted by molar-refractivity contribution is 0.228. The highest BCUT2D eigenvalue weighted by molar-refractivity contribution is 9.10. The van der Waals surface area contributed by atoms with Crippen LogP contribution in [-0.4, -0.2) is 6.10 Å². The van der Waals surface area contributed by atoms with Crippen molar-refractivity contribution in [2.24, 2.45) is 0 Å². The lowest BCUT2D eigenvalue weighted by Gasteiger charge is -2.14. The summed E-state index contributed by atoms with van der Waals surface area (Å²) in [7, 11) is 0. The van der Waals surface area contributed by atoms with E-state index in [2.05, 4.69) is 15.9 Å². The van der Waals surface area contributed by atoms with E-state index in [0.29, 0.717) is 12.4 Å². The summed E-state index contributed by atoms with van der Waals surface area (Å²) in [5, 5.41) is 0. The third kappa shape index (κ3) is 4.36. The highest BCUT2D eigenvalue weighted by Crippen LogP contribution is 2.31. The van der Waals surface area contributed by atoms with Crippen molar-refractivity contribution in [2.75, 3.05) is 5.73 Å². The summed E-state index contributed by atoms with van der Waals surface area (Å²) in [6.45, 7) is 4.01. The Morgan fingerprint density at radius 3 is 2.62 bits per heavy atom. The summed E-state index contributed by atoms with van der Waals surface area (Å²) in [6, 6.07) is 10.5. The molecule has 0 atom stereocenters. The zero-order valence-electron chi connectivity index (χ0n) is 11.9. The van der Waals surface area contributed by atoms with E-state index in [1.54, 1.807) is 0 Å². The first-order valence-corrected chi connectivity index (χ1v) is 7.38. The number of rotatable bonds is 5. The number of nitrogens with two attached hydrogens (primary N) is 1. The first-order chi connectivity index (χ1) is 9.95. The molecule has 0 saturated heterocycles. The predicted octanol–water partition coefficient (Wildman–Crippen LogP) is 4.54. The zero-order valence-corrected chi connectivity index (χ0v) is 13.5. The summed E-state index contributed by atoms with van der Waals surface area (Å²) < 4.78 is 25.8. The van der Waals surface area contributed by atoms with E-state index in [1.807, 2.05) is 38.1 Å². The van der Waals surface area contributed by atoms with Gasteiger partial charge in [0.1, 0.15) is 12.4 Å². The second kappa shape index (κ2) is 6.80. The SMILES string of the molecule is CC(C)Oc1cc(OCc2cccc(Br)c2)c(N)cc1F. The van der Waals surface area contributed by atoms with Gasteiger partial charge in [-0.15, -0.1) is 0 Å². The topological polar surface area (TPSA) is 44.5 Å². The number of hydrogen-bond acceptors (Lipinski definition) is 3. The second-order valence-electron chi connectivity index (χ2n) is 4.91. The molecule has 0 fully saturated rings. The van der Waals surface area contributed by atoms with Crippen LogP contribution in [0.25, 0.3) is 0 Å². The average molecular weight is 354 g/mol. The van der Waals surface area contributed by atoms with Crippen molar-refractivity contribution < 1.29 is 13.9 Å². The number of anilines is 1. The van der Waals surface area contributed by atoms with Crippen LogP contribution < -0.4 is 15.2 Å². The molecule has 0 unspecified atom stereocenters. The maximum atomic E-state index is 13.7. The molecule has 0 aromatic heterocycles. The largest absolute Gasteiger partial charge is 0.488 e. The normalized spacial score (nSPS) is 10.7. The molecule has 2 rings (SSSR count). The van der Waals surface area contributed by atoms with Gasteiger partial charge in [-0.2, -0.15) is 0 Å². The molecular weight excluding hydrogens is 337 g/mol. The molecule has 0 heterocycles. The van der Waals surface area contributed by atoms with Gasteiger partial charge >= 0.3 is 0 Å². The van der Waals surface area contributed by atoms with E-state index in [0.717, 1.165) is 10.0 Å². The molecule has 0 bridgehead atoms. The Kier molecular flexibility index (Phi) is 5.07. The number of nitrogen functional groups attached to an aromatic ring is 1. The number of hydrogen-bond donors (Lipinski definition) is 1. The van der Waals surface area contributed by atoms with E-state index < -0.39 is 5.82 Å². The van der Waals surface area contributed by atoms with Crippen LogP contribution in [0.3, 0.4) is 0 Å². The molecule has 0 spiro atoms. The van der Waals surface area contributed by atoms with Crippen LogP contribution in [0.15, 0.2) is 40.9 Å². The Hall–Kier alpha value is -1.75. The molecular formula is C16H17BrFNO2. The first kappa shape index (κ1) is 15.6. The molecule has 0 aliphatic heterocycles. The van der Waals surface area contributed by atoms with Crippen molar-refractivity contribution >= 4 is 21.6 Å². The highest BCUT2D eigenvalue weighted by Gasteiger charge is 2.11. The van der Waals surface area contributed by atoms with Crippen LogP contribution in [0, 0.1) is 5.82 Å². The van der Waals surface area contributed by atoms with Crippen LogP contribution in [0.2, 0.25) is 0 Å². The second-order valence-corrected chi connectivity index (χ2v) is 5.82.